The van der Waals surface area contributed by atoms with E-state index in [1.165, 1.54) is 44.9 Å². The number of aryl methyl sites for hydroxylation is 1. The first-order valence-corrected chi connectivity index (χ1v) is 13.8. The van der Waals surface area contributed by atoms with E-state index in [0.29, 0.717) is 24.3 Å². The van der Waals surface area contributed by atoms with Crippen LogP contribution in [-0.4, -0.2) is 31.5 Å². The molecule has 2 aromatic rings. The topological polar surface area (TPSA) is 68.0 Å². The Morgan fingerprint density at radius 1 is 1.03 bits per heavy atom. The van der Waals surface area contributed by atoms with Crippen LogP contribution in [0.25, 0.3) is 11.0 Å². The van der Waals surface area contributed by atoms with Crippen molar-refractivity contribution in [3.8, 4) is 0 Å². The molecule has 4 aliphatic rings. The molecule has 6 rings (SSSR count). The zero-order valence-corrected chi connectivity index (χ0v) is 21.2. The van der Waals surface area contributed by atoms with Gasteiger partial charge < -0.3 is 5.11 Å². The van der Waals surface area contributed by atoms with Crippen LogP contribution in [0.4, 0.5) is 0 Å². The maximum absolute atomic E-state index is 13.2. The van der Waals surface area contributed by atoms with Crippen molar-refractivity contribution >= 4 is 16.8 Å². The fourth-order valence-electron chi connectivity index (χ4n) is 9.21. The third-order valence-corrected chi connectivity index (χ3v) is 10.9. The lowest BCUT2D eigenvalue weighted by atomic mass is 9.49. The zero-order chi connectivity index (χ0) is 23.7. The van der Waals surface area contributed by atoms with E-state index in [4.69, 9.17) is 0 Å². The summed E-state index contributed by atoms with van der Waals surface area (Å²) in [7, 11) is 0. The summed E-state index contributed by atoms with van der Waals surface area (Å²) in [6, 6.07) is 6.01. The van der Waals surface area contributed by atoms with Gasteiger partial charge in [-0.25, -0.2) is 0 Å². The van der Waals surface area contributed by atoms with E-state index in [2.05, 4.69) is 17.1 Å². The molecule has 1 aromatic heterocycles. The molecule has 5 nitrogen and oxygen atoms in total. The lowest BCUT2D eigenvalue weighted by molar-refractivity contribution is -0.124. The zero-order valence-electron chi connectivity index (χ0n) is 21.2. The number of fused-ring (bicyclic) bond motifs is 6. The summed E-state index contributed by atoms with van der Waals surface area (Å²) < 4.78 is 0. The average Bonchev–Trinajstić information content (AvgIpc) is 3.34. The Kier molecular flexibility index (Phi) is 5.44. The Balaban J connectivity index is 1.13. The highest BCUT2D eigenvalue weighted by Crippen LogP contribution is 2.65. The molecule has 0 bridgehead atoms. The molecule has 1 aromatic carbocycles. The predicted molar refractivity (Wildman–Crippen MR) is 133 cm³/mol. The van der Waals surface area contributed by atoms with Crippen molar-refractivity contribution in [2.45, 2.75) is 97.1 Å². The Labute approximate surface area is 203 Å². The first-order valence-electron chi connectivity index (χ1n) is 13.8. The molecule has 0 spiro atoms. The summed E-state index contributed by atoms with van der Waals surface area (Å²) in [5, 5.41) is 19.8. The highest BCUT2D eigenvalue weighted by molar-refractivity contribution is 5.80. The Morgan fingerprint density at radius 2 is 1.85 bits per heavy atom. The Morgan fingerprint density at radius 3 is 2.68 bits per heavy atom. The molecule has 0 saturated heterocycles. The van der Waals surface area contributed by atoms with E-state index in [1.54, 1.807) is 4.80 Å². The van der Waals surface area contributed by atoms with E-state index in [1.807, 2.05) is 32.0 Å². The van der Waals surface area contributed by atoms with Gasteiger partial charge in [-0.3, -0.25) is 4.79 Å². The third-order valence-electron chi connectivity index (χ3n) is 10.9. The van der Waals surface area contributed by atoms with E-state index in [-0.39, 0.29) is 5.78 Å². The molecular weight excluding hydrogens is 422 g/mol. The number of aromatic nitrogens is 3. The summed E-state index contributed by atoms with van der Waals surface area (Å²) in [5.41, 5.74) is 2.75. The van der Waals surface area contributed by atoms with Gasteiger partial charge in [0.2, 0.25) is 0 Å². The van der Waals surface area contributed by atoms with E-state index in [0.717, 1.165) is 59.0 Å². The minimum Gasteiger partial charge on any atom is -0.390 e. The van der Waals surface area contributed by atoms with Crippen molar-refractivity contribution in [1.29, 1.82) is 0 Å². The molecule has 4 aliphatic carbocycles. The van der Waals surface area contributed by atoms with E-state index >= 15 is 0 Å². The predicted octanol–water partition coefficient (Wildman–Crippen LogP) is 5.72. The molecule has 0 aliphatic heterocycles. The number of hydrogen-bond donors (Lipinski definition) is 1. The van der Waals surface area contributed by atoms with Gasteiger partial charge in [-0.05, 0) is 124 Å². The van der Waals surface area contributed by atoms with Crippen LogP contribution in [0, 0.1) is 47.8 Å². The number of rotatable bonds is 4. The number of ketones is 1. The maximum Gasteiger partial charge on any atom is 0.156 e. The van der Waals surface area contributed by atoms with Crippen LogP contribution < -0.4 is 0 Å². The molecule has 4 saturated carbocycles. The molecule has 8 atom stereocenters. The van der Waals surface area contributed by atoms with Crippen LogP contribution in [0.2, 0.25) is 0 Å². The monoisotopic (exact) mass is 463 g/mol. The van der Waals surface area contributed by atoms with Gasteiger partial charge in [0, 0.05) is 6.42 Å². The number of aliphatic hydroxyl groups is 1. The average molecular weight is 464 g/mol. The van der Waals surface area contributed by atoms with Crippen molar-refractivity contribution < 1.29 is 9.90 Å². The van der Waals surface area contributed by atoms with Crippen molar-refractivity contribution in [3.05, 3.63) is 23.8 Å². The van der Waals surface area contributed by atoms with Crippen LogP contribution >= 0.6 is 0 Å². The molecule has 0 radical (unpaired) electrons. The maximum atomic E-state index is 13.2. The highest BCUT2D eigenvalue weighted by atomic mass is 16.3. The van der Waals surface area contributed by atoms with Crippen LogP contribution in [0.15, 0.2) is 18.2 Å². The smallest absolute Gasteiger partial charge is 0.156 e. The molecule has 4 fully saturated rings. The second-order valence-electron chi connectivity index (χ2n) is 12.9. The summed E-state index contributed by atoms with van der Waals surface area (Å²) in [4.78, 5) is 14.8. The molecule has 5 heteroatoms. The van der Waals surface area contributed by atoms with Gasteiger partial charge in [-0.1, -0.05) is 19.1 Å². The van der Waals surface area contributed by atoms with Gasteiger partial charge in [-0.15, -0.1) is 0 Å². The lowest BCUT2D eigenvalue weighted by Crippen LogP contribution is -2.50. The standard InChI is InChI=1S/C29H41N3O2/c1-18-5-4-6-26-27(18)31-32(30-26)17-21(33)15-20-8-10-25-24-9-7-19-16-28(2,34)13-11-22(19)23(24)12-14-29(20,25)3/h4-6,19-20,22-25,34H,7-17H2,1-3H3/t19-,20-,22+,23-,24-,25+,28-,29-/m1/s1. The molecular formula is C29H41N3O2. The number of hydrogen-bond acceptors (Lipinski definition) is 4. The van der Waals surface area contributed by atoms with E-state index in [9.17, 15) is 9.90 Å². The lowest BCUT2D eigenvalue weighted by Gasteiger charge is -2.57. The molecule has 0 amide bonds. The molecule has 34 heavy (non-hydrogen) atoms. The fraction of sp³-hybridized carbons (Fsp3) is 0.759. The SMILES string of the molecule is Cc1cccc2nn(CC(=O)C[C@H]3CC[C@H]4[C@@H]5CC[C@@H]6C[C@](C)(O)CC[C@@H]6[C@H]5CC[C@]34C)nc12. The second-order valence-corrected chi connectivity index (χ2v) is 12.9. The third kappa shape index (κ3) is 3.73. The molecule has 1 heterocycles. The van der Waals surface area contributed by atoms with Gasteiger partial charge >= 0.3 is 0 Å². The van der Waals surface area contributed by atoms with Gasteiger partial charge in [-0.2, -0.15) is 15.0 Å². The minimum absolute atomic E-state index is 0.283. The van der Waals surface area contributed by atoms with Gasteiger partial charge in [0.25, 0.3) is 0 Å². The van der Waals surface area contributed by atoms with Crippen molar-refractivity contribution in [2.24, 2.45) is 40.9 Å². The van der Waals surface area contributed by atoms with E-state index < -0.39 is 5.60 Å². The number of benzene rings is 1. The minimum atomic E-state index is -0.440. The Bertz CT molecular complexity index is 1090. The number of Topliss-reactive ketones (excluding diaryl/α,β-unsaturated/α-hetero) is 1. The van der Waals surface area contributed by atoms with Crippen LogP contribution in [0.5, 0.6) is 0 Å². The molecule has 184 valence electrons. The van der Waals surface area contributed by atoms with Gasteiger partial charge in [0.05, 0.1) is 5.60 Å². The van der Waals surface area contributed by atoms with Crippen molar-refractivity contribution in [3.63, 3.8) is 0 Å². The van der Waals surface area contributed by atoms with Crippen molar-refractivity contribution in [1.82, 2.24) is 15.0 Å². The molecule has 0 unspecified atom stereocenters. The molecule has 1 N–H and O–H groups in total. The quantitative estimate of drug-likeness (QED) is 0.630. The van der Waals surface area contributed by atoms with Crippen LogP contribution in [-0.2, 0) is 11.3 Å². The Hall–Kier alpha value is -1.75. The number of nitrogens with zero attached hydrogens (tertiary/aromatic N) is 3. The van der Waals surface area contributed by atoms with Gasteiger partial charge in [0.1, 0.15) is 17.6 Å². The van der Waals surface area contributed by atoms with Crippen LogP contribution in [0.1, 0.15) is 83.6 Å². The van der Waals surface area contributed by atoms with Crippen molar-refractivity contribution in [2.75, 3.05) is 0 Å². The largest absolute Gasteiger partial charge is 0.390 e. The first-order chi connectivity index (χ1) is 16.2. The normalized spacial score (nSPS) is 41.6. The summed E-state index contributed by atoms with van der Waals surface area (Å²) >= 11 is 0. The summed E-state index contributed by atoms with van der Waals surface area (Å²) in [5.74, 6) is 4.81. The van der Waals surface area contributed by atoms with Crippen LogP contribution in [0.3, 0.4) is 0 Å². The summed E-state index contributed by atoms with van der Waals surface area (Å²) in [6.07, 6.45) is 11.6. The first kappa shape index (κ1) is 22.7. The summed E-state index contributed by atoms with van der Waals surface area (Å²) in [6.45, 7) is 6.90. The highest BCUT2D eigenvalue weighted by Gasteiger charge is 2.57. The fourth-order valence-corrected chi connectivity index (χ4v) is 9.21. The van der Waals surface area contributed by atoms with Gasteiger partial charge in [0.15, 0.2) is 5.78 Å². The second kappa shape index (κ2) is 8.15. The number of carbonyl (C=O) groups excluding carboxylic acids is 1. The number of carbonyl (C=O) groups is 1.